The van der Waals surface area contributed by atoms with Crippen molar-refractivity contribution in [2.75, 3.05) is 7.11 Å². The summed E-state index contributed by atoms with van der Waals surface area (Å²) in [4.78, 5) is 12.3. The summed E-state index contributed by atoms with van der Waals surface area (Å²) < 4.78 is 5.30. The molecule has 2 aromatic rings. The molecule has 0 saturated carbocycles. The molecular formula is C21H22O4W2. The van der Waals surface area contributed by atoms with Gasteiger partial charge in [0.25, 0.3) is 0 Å². The van der Waals surface area contributed by atoms with E-state index in [1.165, 1.54) is 31.4 Å². The Kier molecular flexibility index (Phi) is 9.99. The number of ketones is 1. The van der Waals surface area contributed by atoms with Gasteiger partial charge in [-0.2, -0.15) is 0 Å². The van der Waals surface area contributed by atoms with Crippen LogP contribution in [0.1, 0.15) is 35.3 Å². The van der Waals surface area contributed by atoms with E-state index in [0.29, 0.717) is 22.4 Å². The van der Waals surface area contributed by atoms with Crippen LogP contribution in [0.15, 0.2) is 55.1 Å². The van der Waals surface area contributed by atoms with Gasteiger partial charge >= 0.3 is 0 Å². The molecule has 0 bridgehead atoms. The number of allylic oxidation sites excluding steroid dienone is 2. The number of ether oxygens (including phenoxy) is 1. The van der Waals surface area contributed by atoms with Gasteiger partial charge in [0.1, 0.15) is 17.2 Å². The Balaban J connectivity index is 0.00000338. The molecule has 0 amide bonds. The molecule has 2 N–H and O–H groups in total. The first kappa shape index (κ1) is 25.4. The number of phenolic OH excluding ortho intramolecular Hbond substituents is 2. The molecule has 6 heteroatoms. The smallest absolute Gasteiger partial charge is 0.185 e. The van der Waals surface area contributed by atoms with E-state index < -0.39 is 5.41 Å². The van der Waals surface area contributed by atoms with Gasteiger partial charge in [-0.25, -0.2) is 0 Å². The summed E-state index contributed by atoms with van der Waals surface area (Å²) in [7, 11) is 1.51. The number of benzene rings is 2. The summed E-state index contributed by atoms with van der Waals surface area (Å²) in [5, 5.41) is 19.5. The van der Waals surface area contributed by atoms with Crippen LogP contribution in [0.25, 0.3) is 6.08 Å². The van der Waals surface area contributed by atoms with E-state index in [4.69, 9.17) is 4.74 Å². The number of hydrogen-bond acceptors (Lipinski definition) is 4. The van der Waals surface area contributed by atoms with Crippen molar-refractivity contribution in [2.24, 2.45) is 0 Å². The molecule has 0 saturated heterocycles. The van der Waals surface area contributed by atoms with E-state index in [2.05, 4.69) is 6.58 Å². The Bertz CT molecular complexity index is 825. The number of hydrogen-bond donors (Lipinski definition) is 2. The maximum atomic E-state index is 12.3. The standard InChI is InChI=1S/C21H22O4.2W/c1-5-21(2,3)17-12-15(20(25-4)13-19(17)24)8-11-18(23)14-6-9-16(22)10-7-14;;/h5-13,22,24H,1H2,2-4H3;;/b11-8+;;. The third-order valence-electron chi connectivity index (χ3n) is 4.12. The van der Waals surface area contributed by atoms with Crippen molar-refractivity contribution in [2.45, 2.75) is 19.3 Å². The first-order valence-corrected chi connectivity index (χ1v) is 7.85. The summed E-state index contributed by atoms with van der Waals surface area (Å²) >= 11 is 0. The predicted molar refractivity (Wildman–Crippen MR) is 99.4 cm³/mol. The van der Waals surface area contributed by atoms with E-state index in [1.54, 1.807) is 30.4 Å². The van der Waals surface area contributed by atoms with Crippen LogP contribution in [0.2, 0.25) is 0 Å². The molecule has 0 aromatic heterocycles. The quantitative estimate of drug-likeness (QED) is 0.265. The minimum absolute atomic E-state index is 0. The van der Waals surface area contributed by atoms with Gasteiger partial charge in [-0.15, -0.1) is 6.58 Å². The third-order valence-corrected chi connectivity index (χ3v) is 4.12. The fourth-order valence-electron chi connectivity index (χ4n) is 2.41. The van der Waals surface area contributed by atoms with Gasteiger partial charge in [-0.1, -0.05) is 19.9 Å². The van der Waals surface area contributed by atoms with Crippen molar-refractivity contribution in [3.8, 4) is 17.2 Å². The first-order chi connectivity index (χ1) is 11.8. The molecule has 27 heavy (non-hydrogen) atoms. The van der Waals surface area contributed by atoms with Crippen LogP contribution in [0, 0.1) is 0 Å². The monoisotopic (exact) mass is 706 g/mol. The minimum Gasteiger partial charge on any atom is -0.508 e. The van der Waals surface area contributed by atoms with Gasteiger partial charge in [0.15, 0.2) is 5.78 Å². The summed E-state index contributed by atoms with van der Waals surface area (Å²) in [5.74, 6) is 0.497. The number of phenols is 2. The second kappa shape index (κ2) is 10.6. The fourth-order valence-corrected chi connectivity index (χ4v) is 2.41. The summed E-state index contributed by atoms with van der Waals surface area (Å²) in [5.41, 5.74) is 1.41. The van der Waals surface area contributed by atoms with Gasteiger partial charge in [-0.3, -0.25) is 4.79 Å². The number of carbonyl (C=O) groups is 1. The minimum atomic E-state index is -0.431. The van der Waals surface area contributed by atoms with Crippen LogP contribution in [0.4, 0.5) is 0 Å². The van der Waals surface area contributed by atoms with Crippen molar-refractivity contribution in [3.05, 3.63) is 71.8 Å². The van der Waals surface area contributed by atoms with Crippen LogP contribution >= 0.6 is 0 Å². The molecule has 4 nitrogen and oxygen atoms in total. The van der Waals surface area contributed by atoms with E-state index in [-0.39, 0.29) is 59.4 Å². The maximum absolute atomic E-state index is 12.3. The second-order valence-corrected chi connectivity index (χ2v) is 6.28. The van der Waals surface area contributed by atoms with Gasteiger partial charge < -0.3 is 14.9 Å². The number of carbonyl (C=O) groups excluding carboxylic acids is 1. The van der Waals surface area contributed by atoms with Crippen LogP contribution in [-0.4, -0.2) is 23.1 Å². The van der Waals surface area contributed by atoms with Gasteiger partial charge in [0.2, 0.25) is 0 Å². The molecule has 0 fully saturated rings. The summed E-state index contributed by atoms with van der Waals surface area (Å²) in [6.45, 7) is 7.69. The molecule has 0 atom stereocenters. The van der Waals surface area contributed by atoms with E-state index in [0.717, 1.165) is 0 Å². The zero-order valence-electron chi connectivity index (χ0n) is 15.4. The molecule has 2 aromatic carbocycles. The van der Waals surface area contributed by atoms with Crippen LogP contribution in [0.3, 0.4) is 0 Å². The van der Waals surface area contributed by atoms with E-state index >= 15 is 0 Å². The average molecular weight is 706 g/mol. The third kappa shape index (κ3) is 6.19. The summed E-state index contributed by atoms with van der Waals surface area (Å²) in [6.07, 6.45) is 4.84. The van der Waals surface area contributed by atoms with Crippen LogP contribution in [0.5, 0.6) is 17.2 Å². The Morgan fingerprint density at radius 3 is 2.22 bits per heavy atom. The SMILES string of the molecule is C=CC(C)(C)c1cc(/C=C/C(=O)c2ccc(O)cc2)c(OC)cc1O.[W].[W]. The van der Waals surface area contributed by atoms with E-state index in [9.17, 15) is 15.0 Å². The molecule has 0 heterocycles. The van der Waals surface area contributed by atoms with Gasteiger partial charge in [-0.05, 0) is 42.5 Å². The zero-order chi connectivity index (χ0) is 18.6. The van der Waals surface area contributed by atoms with Gasteiger partial charge in [0.05, 0.1) is 7.11 Å². The average Bonchev–Trinajstić information content (AvgIpc) is 2.60. The van der Waals surface area contributed by atoms with Crippen molar-refractivity contribution in [1.29, 1.82) is 0 Å². The second-order valence-electron chi connectivity index (χ2n) is 6.28. The Morgan fingerprint density at radius 2 is 1.70 bits per heavy atom. The van der Waals surface area contributed by atoms with Crippen molar-refractivity contribution < 1.29 is 61.9 Å². The number of aromatic hydroxyl groups is 2. The van der Waals surface area contributed by atoms with Crippen molar-refractivity contribution in [3.63, 3.8) is 0 Å². The van der Waals surface area contributed by atoms with E-state index in [1.807, 2.05) is 13.8 Å². The normalized spacial score (nSPS) is 10.6. The summed E-state index contributed by atoms with van der Waals surface area (Å²) in [6, 6.07) is 9.37. The molecule has 142 valence electrons. The largest absolute Gasteiger partial charge is 0.508 e. The van der Waals surface area contributed by atoms with Gasteiger partial charge in [0, 0.05) is 70.3 Å². The molecule has 0 unspecified atom stereocenters. The molecule has 0 aliphatic carbocycles. The molecular weight excluding hydrogens is 684 g/mol. The zero-order valence-corrected chi connectivity index (χ0v) is 21.3. The predicted octanol–water partition coefficient (Wildman–Crippen LogP) is 4.46. The van der Waals surface area contributed by atoms with Crippen LogP contribution in [-0.2, 0) is 47.5 Å². The molecule has 0 radical (unpaired) electrons. The van der Waals surface area contributed by atoms with Crippen LogP contribution < -0.4 is 4.74 Å². The number of methoxy groups -OCH3 is 1. The first-order valence-electron chi connectivity index (χ1n) is 7.85. The molecule has 0 aliphatic heterocycles. The van der Waals surface area contributed by atoms with Crippen molar-refractivity contribution in [1.82, 2.24) is 0 Å². The maximum Gasteiger partial charge on any atom is 0.185 e. The van der Waals surface area contributed by atoms with Crippen molar-refractivity contribution >= 4 is 11.9 Å². The molecule has 0 aliphatic rings. The Morgan fingerprint density at radius 1 is 1.11 bits per heavy atom. The topological polar surface area (TPSA) is 66.8 Å². The Labute approximate surface area is 188 Å². The molecule has 0 spiro atoms. The fraction of sp³-hybridized carbons (Fsp3) is 0.190. The Hall–Kier alpha value is -1.63. The number of rotatable bonds is 6. The molecule has 2 rings (SSSR count).